The zero-order chi connectivity index (χ0) is 14.8. The van der Waals surface area contributed by atoms with E-state index in [4.69, 9.17) is 10.3 Å². The molecule has 0 aliphatic heterocycles. The molecule has 0 fully saturated rings. The Morgan fingerprint density at radius 2 is 1.90 bits per heavy atom. The summed E-state index contributed by atoms with van der Waals surface area (Å²) in [6.45, 7) is 0. The minimum Gasteiger partial charge on any atom is -0.398 e. The Kier molecular flexibility index (Phi) is 3.70. The molecule has 0 spiro atoms. The van der Waals surface area contributed by atoms with E-state index in [1.807, 2.05) is 12.1 Å². The molecule has 6 heteroatoms. The summed E-state index contributed by atoms with van der Waals surface area (Å²) in [5.74, 6) is 0.705. The Morgan fingerprint density at radius 3 is 2.62 bits per heavy atom. The normalized spacial score (nSPS) is 10.8. The van der Waals surface area contributed by atoms with Crippen molar-refractivity contribution in [3.63, 3.8) is 0 Å². The minimum absolute atomic E-state index is 0.265. The molecule has 0 atom stereocenters. The molecule has 0 saturated carbocycles. The van der Waals surface area contributed by atoms with Crippen LogP contribution in [0.15, 0.2) is 51.5 Å². The van der Waals surface area contributed by atoms with Crippen LogP contribution in [-0.4, -0.2) is 10.1 Å². The summed E-state index contributed by atoms with van der Waals surface area (Å²) >= 11 is 3.36. The highest BCUT2D eigenvalue weighted by atomic mass is 79.9. The molecule has 2 N–H and O–H groups in total. The average molecular weight is 348 g/mol. The highest BCUT2D eigenvalue weighted by Crippen LogP contribution is 2.26. The smallest absolute Gasteiger partial charge is 0.257 e. The van der Waals surface area contributed by atoms with Gasteiger partial charge in [-0.2, -0.15) is 4.98 Å². The molecule has 21 heavy (non-hydrogen) atoms. The van der Waals surface area contributed by atoms with Crippen molar-refractivity contribution in [2.75, 3.05) is 5.73 Å². The van der Waals surface area contributed by atoms with Crippen molar-refractivity contribution in [3.05, 3.63) is 64.1 Å². The van der Waals surface area contributed by atoms with Crippen LogP contribution in [0.3, 0.4) is 0 Å². The third kappa shape index (κ3) is 3.11. The van der Waals surface area contributed by atoms with Gasteiger partial charge in [-0.25, -0.2) is 4.39 Å². The molecule has 4 nitrogen and oxygen atoms in total. The van der Waals surface area contributed by atoms with E-state index in [2.05, 4.69) is 26.1 Å². The number of hydrogen-bond acceptors (Lipinski definition) is 4. The number of nitrogens with two attached hydrogens (primary N) is 1. The van der Waals surface area contributed by atoms with E-state index in [9.17, 15) is 4.39 Å². The molecule has 0 unspecified atom stereocenters. The van der Waals surface area contributed by atoms with Crippen LogP contribution in [0.25, 0.3) is 11.5 Å². The number of halogens is 2. The first-order valence-electron chi connectivity index (χ1n) is 6.24. The van der Waals surface area contributed by atoms with Crippen molar-refractivity contribution in [2.45, 2.75) is 6.42 Å². The van der Waals surface area contributed by atoms with E-state index in [1.165, 1.54) is 12.1 Å². The maximum absolute atomic E-state index is 12.9. The second-order valence-electron chi connectivity index (χ2n) is 4.56. The van der Waals surface area contributed by atoms with Crippen LogP contribution in [-0.2, 0) is 6.42 Å². The highest BCUT2D eigenvalue weighted by Gasteiger charge is 2.10. The lowest BCUT2D eigenvalue weighted by Crippen LogP contribution is -1.91. The molecule has 106 valence electrons. The lowest BCUT2D eigenvalue weighted by molar-refractivity contribution is 0.424. The topological polar surface area (TPSA) is 64.9 Å². The first-order valence-corrected chi connectivity index (χ1v) is 7.03. The highest BCUT2D eigenvalue weighted by molar-refractivity contribution is 9.10. The van der Waals surface area contributed by atoms with Gasteiger partial charge in [0.1, 0.15) is 5.82 Å². The number of hydrogen-bond donors (Lipinski definition) is 1. The zero-order valence-corrected chi connectivity index (χ0v) is 12.5. The molecule has 1 heterocycles. The third-order valence-corrected chi connectivity index (χ3v) is 3.68. The summed E-state index contributed by atoms with van der Waals surface area (Å²) < 4.78 is 18.9. The maximum Gasteiger partial charge on any atom is 0.257 e. The SMILES string of the molecule is Nc1ccc(-c2nc(Cc3ccc(F)cc3)no2)cc1Br. The van der Waals surface area contributed by atoms with E-state index < -0.39 is 0 Å². The molecular weight excluding hydrogens is 337 g/mol. The van der Waals surface area contributed by atoms with Gasteiger partial charge in [-0.15, -0.1) is 0 Å². The van der Waals surface area contributed by atoms with Gasteiger partial charge in [-0.3, -0.25) is 0 Å². The van der Waals surface area contributed by atoms with Crippen LogP contribution in [0.1, 0.15) is 11.4 Å². The second kappa shape index (κ2) is 5.65. The minimum atomic E-state index is -0.265. The van der Waals surface area contributed by atoms with Crippen molar-refractivity contribution >= 4 is 21.6 Å². The Balaban J connectivity index is 1.82. The molecule has 2 aromatic carbocycles. The molecule has 0 amide bonds. The number of rotatable bonds is 3. The fourth-order valence-corrected chi connectivity index (χ4v) is 2.27. The number of benzene rings is 2. The summed E-state index contributed by atoms with van der Waals surface area (Å²) in [6, 6.07) is 11.6. The number of anilines is 1. The van der Waals surface area contributed by atoms with Gasteiger partial charge >= 0.3 is 0 Å². The Morgan fingerprint density at radius 1 is 1.14 bits per heavy atom. The fraction of sp³-hybridized carbons (Fsp3) is 0.0667. The Labute approximate surface area is 128 Å². The molecule has 1 aromatic heterocycles. The van der Waals surface area contributed by atoms with Crippen LogP contribution in [0.2, 0.25) is 0 Å². The molecule has 3 rings (SSSR count). The lowest BCUT2D eigenvalue weighted by Gasteiger charge is -1.99. The summed E-state index contributed by atoms with van der Waals surface area (Å²) in [4.78, 5) is 4.34. The summed E-state index contributed by atoms with van der Waals surface area (Å²) in [5.41, 5.74) is 8.09. The van der Waals surface area contributed by atoms with Gasteiger partial charge in [0.15, 0.2) is 5.82 Å². The average Bonchev–Trinajstić information content (AvgIpc) is 2.93. The largest absolute Gasteiger partial charge is 0.398 e. The summed E-state index contributed by atoms with van der Waals surface area (Å²) in [6.07, 6.45) is 0.486. The van der Waals surface area contributed by atoms with Gasteiger partial charge < -0.3 is 10.3 Å². The fourth-order valence-electron chi connectivity index (χ4n) is 1.89. The molecule has 0 aliphatic rings. The van der Waals surface area contributed by atoms with Crippen LogP contribution in [0.4, 0.5) is 10.1 Å². The van der Waals surface area contributed by atoms with Crippen LogP contribution in [0.5, 0.6) is 0 Å². The van der Waals surface area contributed by atoms with Crippen molar-refractivity contribution in [2.24, 2.45) is 0 Å². The monoisotopic (exact) mass is 347 g/mol. The van der Waals surface area contributed by atoms with Gasteiger partial charge in [-0.1, -0.05) is 17.3 Å². The Hall–Kier alpha value is -2.21. The van der Waals surface area contributed by atoms with Crippen LogP contribution in [0, 0.1) is 5.82 Å². The molecule has 0 radical (unpaired) electrons. The lowest BCUT2D eigenvalue weighted by atomic mass is 10.1. The van der Waals surface area contributed by atoms with Gasteiger partial charge in [0.05, 0.1) is 0 Å². The molecule has 0 bridgehead atoms. The molecule has 3 aromatic rings. The van der Waals surface area contributed by atoms with Crippen molar-refractivity contribution in [3.8, 4) is 11.5 Å². The third-order valence-electron chi connectivity index (χ3n) is 2.99. The molecule has 0 saturated heterocycles. The Bertz CT molecular complexity index is 771. The van der Waals surface area contributed by atoms with Gasteiger partial charge in [0.25, 0.3) is 5.89 Å². The first kappa shape index (κ1) is 13.8. The predicted octanol–water partition coefficient (Wildman–Crippen LogP) is 3.81. The maximum atomic E-state index is 12.9. The first-order chi connectivity index (χ1) is 10.1. The molecular formula is C15H11BrFN3O. The van der Waals surface area contributed by atoms with Gasteiger partial charge in [0.2, 0.25) is 0 Å². The second-order valence-corrected chi connectivity index (χ2v) is 5.41. The quantitative estimate of drug-likeness (QED) is 0.731. The predicted molar refractivity (Wildman–Crippen MR) is 81.1 cm³/mol. The number of nitrogen functional groups attached to an aromatic ring is 1. The van der Waals surface area contributed by atoms with E-state index in [0.29, 0.717) is 23.8 Å². The van der Waals surface area contributed by atoms with Crippen molar-refractivity contribution < 1.29 is 8.91 Å². The molecule has 0 aliphatic carbocycles. The van der Waals surface area contributed by atoms with Crippen LogP contribution < -0.4 is 5.73 Å². The number of aromatic nitrogens is 2. The van der Waals surface area contributed by atoms with E-state index in [1.54, 1.807) is 18.2 Å². The zero-order valence-electron chi connectivity index (χ0n) is 10.9. The standard InChI is InChI=1S/C15H11BrFN3O/c16-12-8-10(3-6-13(12)18)15-19-14(20-21-15)7-9-1-4-11(17)5-2-9/h1-6,8H,7,18H2. The van der Waals surface area contributed by atoms with Crippen molar-refractivity contribution in [1.29, 1.82) is 0 Å². The summed E-state index contributed by atoms with van der Waals surface area (Å²) in [7, 11) is 0. The summed E-state index contributed by atoms with van der Waals surface area (Å²) in [5, 5.41) is 3.94. The number of nitrogens with zero attached hydrogens (tertiary/aromatic N) is 2. The van der Waals surface area contributed by atoms with Crippen LogP contribution >= 0.6 is 15.9 Å². The van der Waals surface area contributed by atoms with E-state index in [0.717, 1.165) is 15.6 Å². The van der Waals surface area contributed by atoms with E-state index >= 15 is 0 Å². The van der Waals surface area contributed by atoms with Gasteiger partial charge in [0, 0.05) is 22.1 Å². The van der Waals surface area contributed by atoms with E-state index in [-0.39, 0.29) is 5.82 Å². The van der Waals surface area contributed by atoms with Gasteiger partial charge in [-0.05, 0) is 51.8 Å². The van der Waals surface area contributed by atoms with Crippen molar-refractivity contribution in [1.82, 2.24) is 10.1 Å².